The Balaban J connectivity index is 1.80. The van der Waals surface area contributed by atoms with Crippen LogP contribution in [-0.2, 0) is 28.5 Å². The molecule has 2 saturated heterocycles. The van der Waals surface area contributed by atoms with Crippen LogP contribution in [0.15, 0.2) is 0 Å². The van der Waals surface area contributed by atoms with E-state index in [-0.39, 0.29) is 24.1 Å². The van der Waals surface area contributed by atoms with E-state index in [0.717, 1.165) is 12.8 Å². The van der Waals surface area contributed by atoms with Crippen molar-refractivity contribution in [2.45, 2.75) is 70.9 Å². The van der Waals surface area contributed by atoms with Crippen LogP contribution in [0.5, 0.6) is 0 Å². The predicted octanol–water partition coefficient (Wildman–Crippen LogP) is 1.84. The van der Waals surface area contributed by atoms with Crippen LogP contribution in [-0.4, -0.2) is 49.6 Å². The van der Waals surface area contributed by atoms with Gasteiger partial charge in [-0.05, 0) is 18.8 Å². The van der Waals surface area contributed by atoms with E-state index in [4.69, 9.17) is 18.9 Å². The number of esters is 2. The monoisotopic (exact) mass is 314 g/mol. The summed E-state index contributed by atoms with van der Waals surface area (Å²) in [4.78, 5) is 23.4. The molecule has 0 aromatic rings. The average molecular weight is 314 g/mol. The van der Waals surface area contributed by atoms with Gasteiger partial charge in [-0.25, -0.2) is 0 Å². The zero-order chi connectivity index (χ0) is 16.1. The molecule has 22 heavy (non-hydrogen) atoms. The molecule has 0 N–H and O–H groups in total. The van der Waals surface area contributed by atoms with Gasteiger partial charge < -0.3 is 18.9 Å². The van der Waals surface area contributed by atoms with Crippen LogP contribution in [0.25, 0.3) is 0 Å². The Morgan fingerprint density at radius 3 is 1.95 bits per heavy atom. The Labute approximate surface area is 131 Å². The molecule has 2 heterocycles. The fraction of sp³-hybridized carbons (Fsp3) is 0.875. The Bertz CT molecular complexity index is 394. The van der Waals surface area contributed by atoms with Gasteiger partial charge in [-0.15, -0.1) is 0 Å². The van der Waals surface area contributed by atoms with Crippen molar-refractivity contribution in [3.8, 4) is 0 Å². The maximum Gasteiger partial charge on any atom is 0.306 e. The summed E-state index contributed by atoms with van der Waals surface area (Å²) in [5.41, 5.74) is 0. The van der Waals surface area contributed by atoms with Crippen LogP contribution < -0.4 is 0 Å². The molecule has 0 aromatic carbocycles. The minimum absolute atomic E-state index is 0.224. The Morgan fingerprint density at radius 2 is 1.50 bits per heavy atom. The summed E-state index contributed by atoms with van der Waals surface area (Å²) in [7, 11) is 0. The second-order valence-corrected chi connectivity index (χ2v) is 6.34. The van der Waals surface area contributed by atoms with Crippen LogP contribution in [0, 0.1) is 5.92 Å². The van der Waals surface area contributed by atoms with Crippen molar-refractivity contribution < 1.29 is 28.5 Å². The van der Waals surface area contributed by atoms with Crippen LogP contribution >= 0.6 is 0 Å². The van der Waals surface area contributed by atoms with Crippen LogP contribution in [0.3, 0.4) is 0 Å². The van der Waals surface area contributed by atoms with E-state index in [1.165, 1.54) is 0 Å². The molecule has 2 rings (SSSR count). The summed E-state index contributed by atoms with van der Waals surface area (Å²) in [5.74, 6) is 0.000853. The summed E-state index contributed by atoms with van der Waals surface area (Å²) < 4.78 is 22.1. The summed E-state index contributed by atoms with van der Waals surface area (Å²) in [6.07, 6.45) is 0.881. The molecule has 126 valence electrons. The summed E-state index contributed by atoms with van der Waals surface area (Å²) in [6.45, 7) is 6.65. The first-order valence-corrected chi connectivity index (χ1v) is 8.13. The standard InChI is InChI=1S/C16H26O6/c1-4-5-13(17)21-11-8-19-16-12(9-20-15(11)16)22-14(18)7-6-10(2)3/h10-12,15-16H,4-9H2,1-3H3/t11-,12+,15-,16-/m1/s1. The highest BCUT2D eigenvalue weighted by Crippen LogP contribution is 2.31. The summed E-state index contributed by atoms with van der Waals surface area (Å²) in [6, 6.07) is 0. The number of hydrogen-bond donors (Lipinski definition) is 0. The number of fused-ring (bicyclic) bond motifs is 1. The van der Waals surface area contributed by atoms with Crippen molar-refractivity contribution in [3.63, 3.8) is 0 Å². The lowest BCUT2D eigenvalue weighted by Crippen LogP contribution is -2.35. The Hall–Kier alpha value is -1.14. The SMILES string of the molecule is CCCC(=O)O[C@@H]1CO[C@H]2[C@@H]1OC[C@@H]2OC(=O)CCC(C)C. The molecule has 0 bridgehead atoms. The topological polar surface area (TPSA) is 71.1 Å². The first-order valence-electron chi connectivity index (χ1n) is 8.13. The van der Waals surface area contributed by atoms with Gasteiger partial charge in [-0.1, -0.05) is 20.8 Å². The number of ether oxygens (including phenoxy) is 4. The fourth-order valence-electron chi connectivity index (χ4n) is 2.70. The first kappa shape index (κ1) is 17.2. The van der Waals surface area contributed by atoms with E-state index in [2.05, 4.69) is 13.8 Å². The molecule has 6 nitrogen and oxygen atoms in total. The van der Waals surface area contributed by atoms with Gasteiger partial charge in [0.05, 0.1) is 13.2 Å². The maximum absolute atomic E-state index is 11.8. The summed E-state index contributed by atoms with van der Waals surface area (Å²) >= 11 is 0. The quantitative estimate of drug-likeness (QED) is 0.668. The average Bonchev–Trinajstić information content (AvgIpc) is 3.01. The lowest BCUT2D eigenvalue weighted by atomic mass is 10.1. The van der Waals surface area contributed by atoms with Gasteiger partial charge in [0.2, 0.25) is 0 Å². The van der Waals surface area contributed by atoms with E-state index in [1.54, 1.807) is 0 Å². The molecule has 0 amide bonds. The van der Waals surface area contributed by atoms with E-state index in [9.17, 15) is 9.59 Å². The van der Waals surface area contributed by atoms with Crippen LogP contribution in [0.4, 0.5) is 0 Å². The Morgan fingerprint density at radius 1 is 1.00 bits per heavy atom. The highest BCUT2D eigenvalue weighted by atomic mass is 16.7. The van der Waals surface area contributed by atoms with Crippen molar-refractivity contribution in [2.24, 2.45) is 5.92 Å². The van der Waals surface area contributed by atoms with Gasteiger partial charge in [0.1, 0.15) is 12.2 Å². The number of rotatable bonds is 7. The number of carbonyl (C=O) groups excluding carboxylic acids is 2. The van der Waals surface area contributed by atoms with Crippen molar-refractivity contribution in [2.75, 3.05) is 13.2 Å². The van der Waals surface area contributed by atoms with E-state index in [0.29, 0.717) is 32.0 Å². The number of carbonyl (C=O) groups is 2. The minimum atomic E-state index is -0.403. The third-order valence-electron chi connectivity index (χ3n) is 3.91. The molecule has 2 fully saturated rings. The first-order chi connectivity index (χ1) is 10.5. The highest BCUT2D eigenvalue weighted by Gasteiger charge is 2.51. The normalized spacial score (nSPS) is 30.4. The predicted molar refractivity (Wildman–Crippen MR) is 78.2 cm³/mol. The lowest BCUT2D eigenvalue weighted by Gasteiger charge is -2.17. The molecule has 2 aliphatic heterocycles. The maximum atomic E-state index is 11.8. The lowest BCUT2D eigenvalue weighted by molar-refractivity contribution is -0.155. The van der Waals surface area contributed by atoms with Gasteiger partial charge in [0.15, 0.2) is 12.2 Å². The molecule has 0 aliphatic carbocycles. The largest absolute Gasteiger partial charge is 0.457 e. The minimum Gasteiger partial charge on any atom is -0.457 e. The van der Waals surface area contributed by atoms with Crippen LogP contribution in [0.1, 0.15) is 46.5 Å². The Kier molecular flexibility index (Phi) is 6.20. The number of hydrogen-bond acceptors (Lipinski definition) is 6. The van der Waals surface area contributed by atoms with Gasteiger partial charge in [0.25, 0.3) is 0 Å². The molecular formula is C16H26O6. The smallest absolute Gasteiger partial charge is 0.306 e. The molecule has 0 unspecified atom stereocenters. The molecule has 0 spiro atoms. The third kappa shape index (κ3) is 4.43. The van der Waals surface area contributed by atoms with Crippen molar-refractivity contribution in [1.82, 2.24) is 0 Å². The van der Waals surface area contributed by atoms with Crippen LogP contribution in [0.2, 0.25) is 0 Å². The van der Waals surface area contributed by atoms with E-state index < -0.39 is 12.2 Å². The van der Waals surface area contributed by atoms with Crippen molar-refractivity contribution in [1.29, 1.82) is 0 Å². The molecule has 0 radical (unpaired) electrons. The highest BCUT2D eigenvalue weighted by molar-refractivity contribution is 5.70. The van der Waals surface area contributed by atoms with Crippen molar-refractivity contribution in [3.05, 3.63) is 0 Å². The zero-order valence-corrected chi connectivity index (χ0v) is 13.6. The van der Waals surface area contributed by atoms with Gasteiger partial charge in [-0.2, -0.15) is 0 Å². The molecular weight excluding hydrogens is 288 g/mol. The van der Waals surface area contributed by atoms with Gasteiger partial charge in [-0.3, -0.25) is 9.59 Å². The second-order valence-electron chi connectivity index (χ2n) is 6.34. The van der Waals surface area contributed by atoms with Crippen molar-refractivity contribution >= 4 is 11.9 Å². The third-order valence-corrected chi connectivity index (χ3v) is 3.91. The molecule has 2 aliphatic rings. The van der Waals surface area contributed by atoms with Gasteiger partial charge in [0, 0.05) is 12.8 Å². The van der Waals surface area contributed by atoms with E-state index in [1.807, 2.05) is 6.92 Å². The van der Waals surface area contributed by atoms with E-state index >= 15 is 0 Å². The molecule has 0 saturated carbocycles. The summed E-state index contributed by atoms with van der Waals surface area (Å²) in [5, 5.41) is 0. The second kappa shape index (κ2) is 7.92. The molecule has 0 aromatic heterocycles. The van der Waals surface area contributed by atoms with Gasteiger partial charge >= 0.3 is 11.9 Å². The molecule has 4 atom stereocenters. The molecule has 6 heteroatoms. The zero-order valence-electron chi connectivity index (χ0n) is 13.6. The fourth-order valence-corrected chi connectivity index (χ4v) is 2.70.